The molecule has 2 N–H and O–H groups in total. The van der Waals surface area contributed by atoms with Gasteiger partial charge in [0.2, 0.25) is 0 Å². The Bertz CT molecular complexity index is 486. The third-order valence-corrected chi connectivity index (χ3v) is 4.34. The van der Waals surface area contributed by atoms with Gasteiger partial charge in [-0.15, -0.1) is 0 Å². The van der Waals surface area contributed by atoms with E-state index in [2.05, 4.69) is 34.4 Å². The van der Waals surface area contributed by atoms with Crippen molar-refractivity contribution >= 4 is 5.96 Å². The van der Waals surface area contributed by atoms with Gasteiger partial charge in [-0.25, -0.2) is 9.38 Å². The molecule has 0 aromatic heterocycles. The monoisotopic (exact) mass is 320 g/mol. The molecular weight excluding hydrogens is 291 g/mol. The van der Waals surface area contributed by atoms with E-state index in [1.807, 2.05) is 0 Å². The van der Waals surface area contributed by atoms with Gasteiger partial charge in [-0.2, -0.15) is 0 Å². The average Bonchev–Trinajstić information content (AvgIpc) is 2.59. The molecule has 1 unspecified atom stereocenters. The second-order valence-corrected chi connectivity index (χ2v) is 5.98. The molecule has 1 saturated heterocycles. The van der Waals surface area contributed by atoms with E-state index in [4.69, 9.17) is 0 Å². The molecule has 1 aliphatic heterocycles. The third-order valence-electron chi connectivity index (χ3n) is 4.34. The second-order valence-electron chi connectivity index (χ2n) is 5.98. The van der Waals surface area contributed by atoms with Crippen LogP contribution in [0.25, 0.3) is 0 Å². The molecule has 23 heavy (non-hydrogen) atoms. The van der Waals surface area contributed by atoms with Crippen molar-refractivity contribution in [1.29, 1.82) is 0 Å². The number of hydrogen-bond acceptors (Lipinski definition) is 2. The van der Waals surface area contributed by atoms with Crippen LogP contribution in [0.3, 0.4) is 0 Å². The number of benzene rings is 1. The lowest BCUT2D eigenvalue weighted by Crippen LogP contribution is -2.49. The Kier molecular flexibility index (Phi) is 7.33. The Balaban J connectivity index is 1.89. The van der Waals surface area contributed by atoms with Crippen molar-refractivity contribution in [1.82, 2.24) is 15.5 Å². The molecule has 0 saturated carbocycles. The van der Waals surface area contributed by atoms with Crippen molar-refractivity contribution in [2.45, 2.75) is 45.7 Å². The number of nitrogens with one attached hydrogen (secondary N) is 2. The van der Waals surface area contributed by atoms with Gasteiger partial charge in [-0.1, -0.05) is 25.5 Å². The van der Waals surface area contributed by atoms with Gasteiger partial charge >= 0.3 is 0 Å². The highest BCUT2D eigenvalue weighted by Crippen LogP contribution is 2.15. The lowest BCUT2D eigenvalue weighted by Gasteiger charge is -2.35. The largest absolute Gasteiger partial charge is 0.357 e. The zero-order valence-electron chi connectivity index (χ0n) is 14.3. The SMILES string of the molecule is CCNC(=NCc1ccc(F)cc1)NCC1CCCCN1CC. The summed E-state index contributed by atoms with van der Waals surface area (Å²) >= 11 is 0. The number of hydrogen-bond donors (Lipinski definition) is 2. The molecule has 1 fully saturated rings. The van der Waals surface area contributed by atoms with E-state index >= 15 is 0 Å². The molecule has 0 amide bonds. The van der Waals surface area contributed by atoms with Crippen molar-refractivity contribution in [2.75, 3.05) is 26.2 Å². The fraction of sp³-hybridized carbons (Fsp3) is 0.611. The van der Waals surface area contributed by atoms with E-state index < -0.39 is 0 Å². The van der Waals surface area contributed by atoms with Crippen molar-refractivity contribution in [3.8, 4) is 0 Å². The van der Waals surface area contributed by atoms with E-state index in [0.29, 0.717) is 12.6 Å². The zero-order valence-corrected chi connectivity index (χ0v) is 14.3. The number of halogens is 1. The van der Waals surface area contributed by atoms with Gasteiger partial charge in [-0.05, 0) is 50.6 Å². The van der Waals surface area contributed by atoms with E-state index in [-0.39, 0.29) is 5.82 Å². The van der Waals surface area contributed by atoms with Gasteiger partial charge in [0.1, 0.15) is 5.82 Å². The standard InChI is InChI=1S/C18H29FN4/c1-3-20-18(21-13-15-8-10-16(19)11-9-15)22-14-17-7-5-6-12-23(17)4-2/h8-11,17H,3-7,12-14H2,1-2H3,(H2,20,21,22). The average molecular weight is 320 g/mol. The fourth-order valence-electron chi connectivity index (χ4n) is 3.02. The molecule has 5 heteroatoms. The lowest BCUT2D eigenvalue weighted by atomic mass is 10.0. The van der Waals surface area contributed by atoms with Crippen LogP contribution < -0.4 is 10.6 Å². The molecule has 4 nitrogen and oxygen atoms in total. The topological polar surface area (TPSA) is 39.7 Å². The number of aliphatic imine (C=N–C) groups is 1. The fourth-order valence-corrected chi connectivity index (χ4v) is 3.02. The van der Waals surface area contributed by atoms with E-state index in [1.54, 1.807) is 12.1 Å². The first kappa shape index (κ1) is 17.7. The molecule has 0 radical (unpaired) electrons. The maximum Gasteiger partial charge on any atom is 0.191 e. The van der Waals surface area contributed by atoms with Crippen LogP contribution >= 0.6 is 0 Å². The van der Waals surface area contributed by atoms with Gasteiger partial charge in [0, 0.05) is 19.1 Å². The lowest BCUT2D eigenvalue weighted by molar-refractivity contribution is 0.157. The molecule has 1 aliphatic rings. The molecule has 1 heterocycles. The van der Waals surface area contributed by atoms with Crippen LogP contribution in [0, 0.1) is 5.82 Å². The van der Waals surface area contributed by atoms with Crippen LogP contribution in [-0.2, 0) is 6.54 Å². The van der Waals surface area contributed by atoms with Gasteiger partial charge in [0.25, 0.3) is 0 Å². The first-order chi connectivity index (χ1) is 11.2. The highest BCUT2D eigenvalue weighted by Gasteiger charge is 2.20. The number of nitrogens with zero attached hydrogens (tertiary/aromatic N) is 2. The Morgan fingerprint density at radius 1 is 1.22 bits per heavy atom. The zero-order chi connectivity index (χ0) is 16.5. The molecule has 0 spiro atoms. The van der Waals surface area contributed by atoms with Crippen LogP contribution in [-0.4, -0.2) is 43.1 Å². The quantitative estimate of drug-likeness (QED) is 0.625. The van der Waals surface area contributed by atoms with Crippen LogP contribution in [0.2, 0.25) is 0 Å². The molecule has 128 valence electrons. The highest BCUT2D eigenvalue weighted by molar-refractivity contribution is 5.79. The number of piperidine rings is 1. The normalized spacial score (nSPS) is 19.6. The molecule has 0 bridgehead atoms. The maximum absolute atomic E-state index is 12.9. The Hall–Kier alpha value is -1.62. The van der Waals surface area contributed by atoms with E-state index in [1.165, 1.54) is 37.9 Å². The summed E-state index contributed by atoms with van der Waals surface area (Å²) in [5.41, 5.74) is 1.01. The molecule has 1 aromatic rings. The number of guanidine groups is 1. The van der Waals surface area contributed by atoms with Crippen molar-refractivity contribution in [3.63, 3.8) is 0 Å². The van der Waals surface area contributed by atoms with Crippen LogP contribution in [0.4, 0.5) is 4.39 Å². The summed E-state index contributed by atoms with van der Waals surface area (Å²) in [6.45, 7) is 8.90. The minimum atomic E-state index is -0.209. The molecule has 2 rings (SSSR count). The summed E-state index contributed by atoms with van der Waals surface area (Å²) in [6.07, 6.45) is 3.87. The van der Waals surface area contributed by atoms with Gasteiger partial charge in [0.05, 0.1) is 6.54 Å². The second kappa shape index (κ2) is 9.50. The van der Waals surface area contributed by atoms with Gasteiger partial charge in [0.15, 0.2) is 5.96 Å². The number of likely N-dealkylation sites (tertiary alicyclic amines) is 1. The van der Waals surface area contributed by atoms with Crippen molar-refractivity contribution < 1.29 is 4.39 Å². The minimum absolute atomic E-state index is 0.209. The van der Waals surface area contributed by atoms with Crippen LogP contribution in [0.5, 0.6) is 0 Å². The molecular formula is C18H29FN4. The highest BCUT2D eigenvalue weighted by atomic mass is 19.1. The maximum atomic E-state index is 12.9. The van der Waals surface area contributed by atoms with Gasteiger partial charge < -0.3 is 10.6 Å². The summed E-state index contributed by atoms with van der Waals surface area (Å²) in [5.74, 6) is 0.623. The molecule has 1 atom stereocenters. The summed E-state index contributed by atoms with van der Waals surface area (Å²) in [6, 6.07) is 7.10. The first-order valence-corrected chi connectivity index (χ1v) is 8.73. The predicted octanol–water partition coefficient (Wildman–Crippen LogP) is 2.76. The van der Waals surface area contributed by atoms with E-state index in [9.17, 15) is 4.39 Å². The van der Waals surface area contributed by atoms with E-state index in [0.717, 1.165) is 31.2 Å². The summed E-state index contributed by atoms with van der Waals surface area (Å²) < 4.78 is 12.9. The Morgan fingerprint density at radius 2 is 2.00 bits per heavy atom. The van der Waals surface area contributed by atoms with Gasteiger partial charge in [-0.3, -0.25) is 4.90 Å². The Labute approximate surface area is 139 Å². The summed E-state index contributed by atoms with van der Waals surface area (Å²) in [4.78, 5) is 7.14. The van der Waals surface area contributed by atoms with Crippen molar-refractivity contribution in [3.05, 3.63) is 35.6 Å². The predicted molar refractivity (Wildman–Crippen MR) is 94.1 cm³/mol. The van der Waals surface area contributed by atoms with Crippen LogP contribution in [0.15, 0.2) is 29.3 Å². The number of likely N-dealkylation sites (N-methyl/N-ethyl adjacent to an activating group) is 1. The third kappa shape index (κ3) is 5.82. The smallest absolute Gasteiger partial charge is 0.191 e. The summed E-state index contributed by atoms with van der Waals surface area (Å²) in [7, 11) is 0. The molecule has 0 aliphatic carbocycles. The first-order valence-electron chi connectivity index (χ1n) is 8.73. The molecule has 1 aromatic carbocycles. The minimum Gasteiger partial charge on any atom is -0.357 e. The van der Waals surface area contributed by atoms with Crippen LogP contribution in [0.1, 0.15) is 38.7 Å². The van der Waals surface area contributed by atoms with Crippen molar-refractivity contribution in [2.24, 2.45) is 4.99 Å². The Morgan fingerprint density at radius 3 is 2.70 bits per heavy atom. The number of rotatable bonds is 6. The summed E-state index contributed by atoms with van der Waals surface area (Å²) in [5, 5.41) is 6.74.